The molecule has 0 saturated heterocycles. The third-order valence-corrected chi connectivity index (χ3v) is 18.5. The molecule has 0 N–H and O–H groups in total. The fraction of sp³-hybridized carbons (Fsp3) is 0.923. The van der Waals surface area contributed by atoms with E-state index in [1.165, 1.54) is 13.7 Å². The summed E-state index contributed by atoms with van der Waals surface area (Å²) < 4.78 is 41.8. The van der Waals surface area contributed by atoms with Gasteiger partial charge in [0.15, 0.2) is 0 Å². The average Bonchev–Trinajstić information content (AvgIpc) is 3.13. The summed E-state index contributed by atoms with van der Waals surface area (Å²) >= 11 is 0. The first-order valence-corrected chi connectivity index (χ1v) is 29.2. The van der Waals surface area contributed by atoms with E-state index < -0.39 is 42.8 Å². The van der Waals surface area contributed by atoms with E-state index in [1.807, 2.05) is 0 Å². The molecule has 0 aliphatic heterocycles. The highest BCUT2D eigenvalue weighted by atomic mass is 28.4. The van der Waals surface area contributed by atoms with Gasteiger partial charge in [-0.1, -0.05) is 80.1 Å². The van der Waals surface area contributed by atoms with Crippen LogP contribution in [0.25, 0.3) is 0 Å². The van der Waals surface area contributed by atoms with E-state index in [0.29, 0.717) is 77.0 Å². The van der Waals surface area contributed by atoms with Crippen LogP contribution in [0, 0.1) is 0 Å². The summed E-state index contributed by atoms with van der Waals surface area (Å²) in [7, 11) is -7.59. The summed E-state index contributed by atoms with van der Waals surface area (Å²) in [5.74, 6) is 0. The molecule has 0 fully saturated rings. The molecule has 0 radical (unpaired) electrons. The molecular weight excluding hydrogens is 739 g/mol. The lowest BCUT2D eigenvalue weighted by atomic mass is 10.4. The second kappa shape index (κ2) is 29.1. The smallest absolute Gasteiger partial charge is 0.336 e. The summed E-state index contributed by atoms with van der Waals surface area (Å²) in [6, 6.07) is 1.94. The highest BCUT2D eigenvalue weighted by molar-refractivity contribution is 6.66. The number of hydrogen-bond donors (Lipinski definition) is 0. The largest absolute Gasteiger partial charge is 0.394 e. The molecule has 15 heteroatoms. The zero-order chi connectivity index (χ0) is 40.3. The highest BCUT2D eigenvalue weighted by Gasteiger charge is 2.34. The molecule has 0 spiro atoms. The van der Waals surface area contributed by atoms with Gasteiger partial charge in [0.2, 0.25) is 0 Å². The maximum atomic E-state index is 14.0. The zero-order valence-corrected chi connectivity index (χ0v) is 39.1. The van der Waals surface area contributed by atoms with Crippen LogP contribution in [0.4, 0.5) is 0 Å². The highest BCUT2D eigenvalue weighted by Crippen LogP contribution is 2.20. The number of unbranched alkanes of at least 4 members (excludes halogenated alkanes) is 6. The van der Waals surface area contributed by atoms with Crippen molar-refractivity contribution in [2.45, 2.75) is 195 Å². The number of rotatable bonds is 36. The molecule has 0 amide bonds. The predicted octanol–water partition coefficient (Wildman–Crippen LogP) is 8.46. The fourth-order valence-corrected chi connectivity index (χ4v) is 13.1. The maximum Gasteiger partial charge on any atom is 0.336 e. The van der Waals surface area contributed by atoms with Gasteiger partial charge in [0.25, 0.3) is 0 Å². The van der Waals surface area contributed by atoms with Gasteiger partial charge in [0.05, 0.1) is 0 Å². The van der Waals surface area contributed by atoms with Crippen LogP contribution in [0.15, 0.2) is 14.4 Å². The summed E-state index contributed by atoms with van der Waals surface area (Å²) in [5.41, 5.74) is -1.68. The van der Waals surface area contributed by atoms with Crippen molar-refractivity contribution in [3.63, 3.8) is 0 Å². The van der Waals surface area contributed by atoms with Crippen LogP contribution in [0.3, 0.4) is 0 Å². The third-order valence-electron chi connectivity index (χ3n) is 9.85. The van der Waals surface area contributed by atoms with Crippen LogP contribution >= 0.6 is 0 Å². The molecule has 0 saturated carbocycles. The molecule has 0 aromatic carbocycles. The Morgan fingerprint density at radius 2 is 0.537 bits per heavy atom. The molecule has 0 unspecified atom stereocenters. The van der Waals surface area contributed by atoms with Gasteiger partial charge < -0.3 is 26.6 Å². The predicted molar refractivity (Wildman–Crippen MR) is 228 cm³/mol. The SMILES string of the molecule is CCCCO[Si](C)(CCCn1c(=O)n(CCC[Si](C)(OCCCC)OCCCC)c(=O)n(CCC[Si](C)(OCCCC)OCCCC)c1=O)OCCCC. The Balaban J connectivity index is 3.42. The second-order valence-corrected chi connectivity index (χ2v) is 25.3. The molecule has 1 aromatic rings. The van der Waals surface area contributed by atoms with Gasteiger partial charge in [-0.25, -0.2) is 28.1 Å². The quantitative estimate of drug-likeness (QED) is 0.0485. The molecule has 0 atom stereocenters. The standard InChI is InChI=1S/C39H81N3O9Si3/c1-10-16-28-46-52(7,47-29-17-11-2)34-22-25-40-37(43)41(26-23-35-53(8,48-30-18-12-3)49-31-19-13-4)39(45)42(38(40)44)27-24-36-54(9,50-32-20-14-5)51-33-21-15-6/h10-36H2,1-9H3. The number of aromatic nitrogens is 3. The Kier molecular flexibility index (Phi) is 27.4. The normalized spacial score (nSPS) is 12.6. The third kappa shape index (κ3) is 19.8. The first-order chi connectivity index (χ1) is 25.9. The van der Waals surface area contributed by atoms with Crippen LogP contribution in [0.2, 0.25) is 37.8 Å². The monoisotopic (exact) mass is 820 g/mol. The maximum absolute atomic E-state index is 14.0. The molecule has 1 aromatic heterocycles. The molecule has 54 heavy (non-hydrogen) atoms. The second-order valence-electron chi connectivity index (χ2n) is 15.2. The van der Waals surface area contributed by atoms with Gasteiger partial charge in [-0.05, 0) is 95.6 Å². The van der Waals surface area contributed by atoms with Crippen LogP contribution in [0.1, 0.15) is 138 Å². The zero-order valence-electron chi connectivity index (χ0n) is 36.1. The topological polar surface area (TPSA) is 121 Å². The van der Waals surface area contributed by atoms with Crippen molar-refractivity contribution in [2.75, 3.05) is 39.6 Å². The lowest BCUT2D eigenvalue weighted by molar-refractivity contribution is 0.167. The molecule has 1 rings (SSSR count). The van der Waals surface area contributed by atoms with E-state index in [0.717, 1.165) is 77.0 Å². The first-order valence-electron chi connectivity index (χ1n) is 21.7. The Morgan fingerprint density at radius 3 is 0.704 bits per heavy atom. The molecule has 0 bridgehead atoms. The van der Waals surface area contributed by atoms with Crippen molar-refractivity contribution in [3.8, 4) is 0 Å². The minimum absolute atomic E-state index is 0.189. The van der Waals surface area contributed by atoms with Crippen molar-refractivity contribution >= 4 is 25.7 Å². The minimum Gasteiger partial charge on any atom is -0.394 e. The van der Waals surface area contributed by atoms with E-state index in [1.54, 1.807) is 0 Å². The molecule has 12 nitrogen and oxygen atoms in total. The van der Waals surface area contributed by atoms with Crippen molar-refractivity contribution in [2.24, 2.45) is 0 Å². The van der Waals surface area contributed by atoms with Gasteiger partial charge in [-0.15, -0.1) is 0 Å². The average molecular weight is 820 g/mol. The van der Waals surface area contributed by atoms with E-state index in [9.17, 15) is 14.4 Å². The molecule has 0 aliphatic carbocycles. The number of nitrogens with zero attached hydrogens (tertiary/aromatic N) is 3. The van der Waals surface area contributed by atoms with Crippen molar-refractivity contribution in [1.82, 2.24) is 13.7 Å². The van der Waals surface area contributed by atoms with Gasteiger partial charge in [-0.2, -0.15) is 0 Å². The van der Waals surface area contributed by atoms with Gasteiger partial charge in [-0.3, -0.25) is 0 Å². The summed E-state index contributed by atoms with van der Waals surface area (Å²) in [4.78, 5) is 42.1. The fourth-order valence-electron chi connectivity index (χ4n) is 6.08. The van der Waals surface area contributed by atoms with Gasteiger partial charge >= 0.3 is 42.8 Å². The molecule has 1 heterocycles. The van der Waals surface area contributed by atoms with Crippen LogP contribution in [-0.2, 0) is 46.2 Å². The van der Waals surface area contributed by atoms with E-state index in [-0.39, 0.29) is 19.6 Å². The summed E-state index contributed by atoms with van der Waals surface area (Å²) in [6.45, 7) is 23.5. The summed E-state index contributed by atoms with van der Waals surface area (Å²) in [6.07, 6.45) is 13.6. The van der Waals surface area contributed by atoms with Crippen molar-refractivity contribution in [3.05, 3.63) is 31.5 Å². The van der Waals surface area contributed by atoms with E-state index >= 15 is 0 Å². The minimum atomic E-state index is -2.53. The van der Waals surface area contributed by atoms with Crippen LogP contribution < -0.4 is 17.1 Å². The van der Waals surface area contributed by atoms with E-state index in [4.69, 9.17) is 26.6 Å². The Hall–Kier alpha value is -1.18. The summed E-state index contributed by atoms with van der Waals surface area (Å²) in [5, 5.41) is 0. The number of hydrogen-bond acceptors (Lipinski definition) is 9. The van der Waals surface area contributed by atoms with Crippen LogP contribution in [0.5, 0.6) is 0 Å². The molecule has 318 valence electrons. The van der Waals surface area contributed by atoms with E-state index in [2.05, 4.69) is 61.2 Å². The van der Waals surface area contributed by atoms with Crippen molar-refractivity contribution < 1.29 is 26.6 Å². The molecule has 0 aliphatic rings. The molecular formula is C39H81N3O9Si3. The lowest BCUT2D eigenvalue weighted by Gasteiger charge is -2.28. The Bertz CT molecular complexity index is 1080. The van der Waals surface area contributed by atoms with Gasteiger partial charge in [0.1, 0.15) is 0 Å². The first kappa shape index (κ1) is 50.8. The van der Waals surface area contributed by atoms with Crippen LogP contribution in [-0.4, -0.2) is 79.0 Å². The lowest BCUT2D eigenvalue weighted by Crippen LogP contribution is -2.55. The van der Waals surface area contributed by atoms with Crippen molar-refractivity contribution in [1.29, 1.82) is 0 Å². The Morgan fingerprint density at radius 1 is 0.352 bits per heavy atom. The van der Waals surface area contributed by atoms with Gasteiger partial charge in [0, 0.05) is 59.3 Å². The Labute approximate surface area is 331 Å².